The zero-order chi connectivity index (χ0) is 19.9. The zero-order valence-electron chi connectivity index (χ0n) is 15.6. The molecule has 0 spiro atoms. The molecule has 0 saturated carbocycles. The molecule has 4 rings (SSSR count). The van der Waals surface area contributed by atoms with Gasteiger partial charge in [0.2, 0.25) is 5.89 Å². The van der Waals surface area contributed by atoms with Gasteiger partial charge in [-0.25, -0.2) is 9.97 Å². The first kappa shape index (κ1) is 17.7. The Bertz CT molecular complexity index is 1170. The number of nitrogens with two attached hydrogens (primary N) is 1. The van der Waals surface area contributed by atoms with Crippen LogP contribution in [0, 0.1) is 0 Å². The molecule has 0 bridgehead atoms. The Morgan fingerprint density at radius 2 is 2.04 bits per heavy atom. The van der Waals surface area contributed by atoms with E-state index in [4.69, 9.17) is 10.2 Å². The second kappa shape index (κ2) is 6.45. The van der Waals surface area contributed by atoms with Crippen molar-refractivity contribution in [2.45, 2.75) is 26.3 Å². The fraction of sp³-hybridized carbons (Fsp3) is 0.211. The summed E-state index contributed by atoms with van der Waals surface area (Å²) in [5, 5.41) is 12.2. The summed E-state index contributed by atoms with van der Waals surface area (Å²) >= 11 is 0. The Morgan fingerprint density at radius 3 is 2.79 bits per heavy atom. The molecule has 0 fully saturated rings. The number of primary amides is 1. The molecule has 0 aliphatic heterocycles. The van der Waals surface area contributed by atoms with Crippen LogP contribution in [-0.4, -0.2) is 36.6 Å². The summed E-state index contributed by atoms with van der Waals surface area (Å²) in [6.45, 7) is 6.03. The van der Waals surface area contributed by atoms with Gasteiger partial charge in [0, 0.05) is 40.0 Å². The second-order valence-corrected chi connectivity index (χ2v) is 7.38. The highest BCUT2D eigenvalue weighted by atomic mass is 16.4. The number of benzene rings is 1. The lowest BCUT2D eigenvalue weighted by Crippen LogP contribution is -2.26. The summed E-state index contributed by atoms with van der Waals surface area (Å²) in [5.74, 6) is 0.196. The van der Waals surface area contributed by atoms with Crippen LogP contribution in [-0.2, 0) is 0 Å². The number of hydrogen-bond donors (Lipinski definition) is 3. The van der Waals surface area contributed by atoms with Gasteiger partial charge in [-0.15, -0.1) is 5.10 Å². The molecule has 4 aromatic rings. The molecule has 1 amide bonds. The van der Waals surface area contributed by atoms with E-state index in [0.29, 0.717) is 17.7 Å². The lowest BCUT2D eigenvalue weighted by Gasteiger charge is -2.17. The van der Waals surface area contributed by atoms with E-state index >= 15 is 0 Å². The number of carbonyl (C=O) groups excluding carboxylic acids is 1. The minimum atomic E-state index is -0.603. The van der Waals surface area contributed by atoms with Crippen LogP contribution in [0.3, 0.4) is 0 Å². The number of carbonyl (C=O) groups is 1. The molecule has 3 aromatic heterocycles. The maximum absolute atomic E-state index is 11.4. The van der Waals surface area contributed by atoms with E-state index in [1.807, 2.05) is 39.0 Å². The van der Waals surface area contributed by atoms with Crippen LogP contribution in [0.15, 0.2) is 41.1 Å². The molecule has 9 heteroatoms. The largest absolute Gasteiger partial charge is 0.403 e. The maximum atomic E-state index is 11.4. The van der Waals surface area contributed by atoms with Crippen molar-refractivity contribution < 1.29 is 9.21 Å². The average Bonchev–Trinajstić information content (AvgIpc) is 3.26. The molecular formula is C19H19N7O2. The van der Waals surface area contributed by atoms with Crippen molar-refractivity contribution in [1.82, 2.24) is 25.1 Å². The molecule has 0 aliphatic rings. The number of H-pyrrole nitrogens is 1. The van der Waals surface area contributed by atoms with Crippen molar-refractivity contribution in [3.8, 4) is 22.8 Å². The lowest BCUT2D eigenvalue weighted by atomic mass is 10.1. The summed E-state index contributed by atoms with van der Waals surface area (Å²) in [6.07, 6.45) is 3.29. The minimum Gasteiger partial charge on any atom is -0.403 e. The van der Waals surface area contributed by atoms with Crippen LogP contribution in [0.2, 0.25) is 0 Å². The number of aromatic amines is 1. The molecule has 0 saturated heterocycles. The van der Waals surface area contributed by atoms with Gasteiger partial charge in [-0.2, -0.15) is 0 Å². The molecule has 142 valence electrons. The van der Waals surface area contributed by atoms with Crippen molar-refractivity contribution in [3.63, 3.8) is 0 Å². The molecule has 0 unspecified atom stereocenters. The summed E-state index contributed by atoms with van der Waals surface area (Å²) in [4.78, 5) is 23.1. The molecule has 0 atom stereocenters. The quantitative estimate of drug-likeness (QED) is 0.497. The molecule has 1 aromatic carbocycles. The Balaban J connectivity index is 1.75. The molecule has 28 heavy (non-hydrogen) atoms. The third-order valence-corrected chi connectivity index (χ3v) is 3.98. The van der Waals surface area contributed by atoms with E-state index in [2.05, 4.69) is 30.5 Å². The predicted molar refractivity (Wildman–Crippen MR) is 105 cm³/mol. The number of nitrogens with zero attached hydrogens (tertiary/aromatic N) is 4. The molecule has 0 aliphatic carbocycles. The van der Waals surface area contributed by atoms with Gasteiger partial charge in [0.25, 0.3) is 5.91 Å². The molecule has 0 radical (unpaired) electrons. The third kappa shape index (κ3) is 3.41. The van der Waals surface area contributed by atoms with Gasteiger partial charge in [0.15, 0.2) is 5.82 Å². The number of rotatable bonds is 4. The number of nitrogens with one attached hydrogen (secondary N) is 2. The highest BCUT2D eigenvalue weighted by molar-refractivity contribution is 5.97. The molecule has 3 heterocycles. The smallest absolute Gasteiger partial charge is 0.316 e. The SMILES string of the molecule is CC(C)(C)Nc1nnc(-c2ccc3[nH]cc(-c4nccc(C(N)=O)n4)c3c2)o1. The topological polar surface area (TPSA) is 136 Å². The highest BCUT2D eigenvalue weighted by Gasteiger charge is 2.17. The number of hydrogen-bond acceptors (Lipinski definition) is 7. The van der Waals surface area contributed by atoms with Crippen LogP contribution in [0.5, 0.6) is 0 Å². The fourth-order valence-electron chi connectivity index (χ4n) is 2.78. The second-order valence-electron chi connectivity index (χ2n) is 7.38. The minimum absolute atomic E-state index is 0.158. The van der Waals surface area contributed by atoms with Crippen LogP contribution >= 0.6 is 0 Å². The number of amides is 1. The van der Waals surface area contributed by atoms with Crippen LogP contribution in [0.25, 0.3) is 33.7 Å². The average molecular weight is 377 g/mol. The van der Waals surface area contributed by atoms with E-state index in [1.54, 1.807) is 6.20 Å². The van der Waals surface area contributed by atoms with Gasteiger partial charge in [-0.1, -0.05) is 5.10 Å². The summed E-state index contributed by atoms with van der Waals surface area (Å²) < 4.78 is 5.73. The van der Waals surface area contributed by atoms with Gasteiger partial charge < -0.3 is 20.5 Å². The van der Waals surface area contributed by atoms with Gasteiger partial charge in [0.05, 0.1) is 0 Å². The normalized spacial score (nSPS) is 11.7. The zero-order valence-corrected chi connectivity index (χ0v) is 15.6. The Hall–Kier alpha value is -3.75. The van der Waals surface area contributed by atoms with Crippen molar-refractivity contribution in [2.24, 2.45) is 5.73 Å². The Labute approximate surface area is 160 Å². The monoisotopic (exact) mass is 377 g/mol. The predicted octanol–water partition coefficient (Wildman–Crippen LogP) is 2.98. The summed E-state index contributed by atoms with van der Waals surface area (Å²) in [7, 11) is 0. The van der Waals surface area contributed by atoms with E-state index in [0.717, 1.165) is 22.0 Å². The highest BCUT2D eigenvalue weighted by Crippen LogP contribution is 2.31. The standard InChI is InChI=1S/C19H19N7O2/c1-19(2,3)24-18-26-25-17(28-18)10-4-5-13-11(8-10)12(9-22-13)16-21-7-6-14(23-16)15(20)27/h4-9,22H,1-3H3,(H2,20,27)(H,24,26). The van der Waals surface area contributed by atoms with Gasteiger partial charge in [0.1, 0.15) is 5.69 Å². The number of fused-ring (bicyclic) bond motifs is 1. The van der Waals surface area contributed by atoms with E-state index < -0.39 is 5.91 Å². The lowest BCUT2D eigenvalue weighted by molar-refractivity contribution is 0.0995. The number of anilines is 1. The first-order valence-corrected chi connectivity index (χ1v) is 8.66. The molecule has 9 nitrogen and oxygen atoms in total. The van der Waals surface area contributed by atoms with Gasteiger partial charge >= 0.3 is 6.01 Å². The van der Waals surface area contributed by atoms with E-state index in [9.17, 15) is 4.79 Å². The maximum Gasteiger partial charge on any atom is 0.316 e. The summed E-state index contributed by atoms with van der Waals surface area (Å²) in [5.41, 5.74) is 7.68. The van der Waals surface area contributed by atoms with Gasteiger partial charge in [-0.3, -0.25) is 4.79 Å². The Morgan fingerprint density at radius 1 is 1.21 bits per heavy atom. The van der Waals surface area contributed by atoms with E-state index in [1.165, 1.54) is 12.3 Å². The van der Waals surface area contributed by atoms with Gasteiger partial charge in [-0.05, 0) is 45.0 Å². The van der Waals surface area contributed by atoms with Crippen molar-refractivity contribution in [1.29, 1.82) is 0 Å². The van der Waals surface area contributed by atoms with Crippen LogP contribution in [0.1, 0.15) is 31.3 Å². The van der Waals surface area contributed by atoms with Crippen LogP contribution < -0.4 is 11.1 Å². The van der Waals surface area contributed by atoms with Crippen LogP contribution in [0.4, 0.5) is 6.01 Å². The van der Waals surface area contributed by atoms with E-state index in [-0.39, 0.29) is 11.2 Å². The third-order valence-electron chi connectivity index (χ3n) is 3.98. The first-order valence-electron chi connectivity index (χ1n) is 8.66. The van der Waals surface area contributed by atoms with Crippen molar-refractivity contribution in [3.05, 3.63) is 42.4 Å². The fourth-order valence-corrected chi connectivity index (χ4v) is 2.78. The summed E-state index contributed by atoms with van der Waals surface area (Å²) in [6, 6.07) is 7.55. The Kier molecular flexibility index (Phi) is 4.07. The molecule has 4 N–H and O–H groups in total. The molecular weight excluding hydrogens is 358 g/mol. The number of aromatic nitrogens is 5. The first-order chi connectivity index (χ1) is 13.3. The van der Waals surface area contributed by atoms with Crippen molar-refractivity contribution >= 4 is 22.8 Å². The van der Waals surface area contributed by atoms with Crippen molar-refractivity contribution in [2.75, 3.05) is 5.32 Å².